The van der Waals surface area contributed by atoms with Crippen LogP contribution in [0.4, 0.5) is 4.39 Å². The summed E-state index contributed by atoms with van der Waals surface area (Å²) in [5.74, 6) is -0.536. The topological polar surface area (TPSA) is 46.4 Å². The number of nitrogens with zero attached hydrogens (tertiary/aromatic N) is 2. The molecule has 1 amide bonds. The molecule has 0 saturated heterocycles. The third-order valence-electron chi connectivity index (χ3n) is 2.56. The fraction of sp³-hybridized carbons (Fsp3) is 0.273. The van der Waals surface area contributed by atoms with Crippen molar-refractivity contribution >= 4 is 11.6 Å². The van der Waals surface area contributed by atoms with Crippen molar-refractivity contribution in [2.45, 2.75) is 18.9 Å². The number of amides is 1. The summed E-state index contributed by atoms with van der Waals surface area (Å²) >= 11 is 0. The molecule has 82 valence electrons. The van der Waals surface area contributed by atoms with Gasteiger partial charge < -0.3 is 9.72 Å². The lowest BCUT2D eigenvalue weighted by molar-refractivity contribution is 0.0946. The molecule has 5 heteroatoms. The van der Waals surface area contributed by atoms with Crippen LogP contribution < -0.4 is 5.32 Å². The van der Waals surface area contributed by atoms with E-state index in [4.69, 9.17) is 0 Å². The van der Waals surface area contributed by atoms with Gasteiger partial charge in [-0.2, -0.15) is 0 Å². The molecular formula is C11H10FN3O. The summed E-state index contributed by atoms with van der Waals surface area (Å²) in [5.41, 5.74) is 0.903. The lowest BCUT2D eigenvalue weighted by Crippen LogP contribution is -2.25. The average molecular weight is 219 g/mol. The summed E-state index contributed by atoms with van der Waals surface area (Å²) in [6.45, 7) is 0. The predicted octanol–water partition coefficient (Wildman–Crippen LogP) is 1.37. The zero-order valence-electron chi connectivity index (χ0n) is 8.48. The first-order chi connectivity index (χ1) is 7.72. The van der Waals surface area contributed by atoms with Gasteiger partial charge in [0.15, 0.2) is 0 Å². The number of hydrogen-bond acceptors (Lipinski definition) is 2. The van der Waals surface area contributed by atoms with Crippen LogP contribution >= 0.6 is 0 Å². The van der Waals surface area contributed by atoms with Crippen molar-refractivity contribution in [2.24, 2.45) is 0 Å². The molecule has 2 aromatic rings. The minimum absolute atomic E-state index is 0.188. The van der Waals surface area contributed by atoms with Crippen LogP contribution in [0.2, 0.25) is 0 Å². The molecule has 0 aromatic carbocycles. The quantitative estimate of drug-likeness (QED) is 0.829. The molecule has 0 atom stereocenters. The molecular weight excluding hydrogens is 209 g/mol. The summed E-state index contributed by atoms with van der Waals surface area (Å²) in [7, 11) is 0. The number of fused-ring (bicyclic) bond motifs is 1. The van der Waals surface area contributed by atoms with Gasteiger partial charge in [-0.05, 0) is 25.0 Å². The Kier molecular flexibility index (Phi) is 1.92. The maximum absolute atomic E-state index is 12.9. The van der Waals surface area contributed by atoms with E-state index in [9.17, 15) is 9.18 Å². The largest absolute Gasteiger partial charge is 0.348 e. The van der Waals surface area contributed by atoms with Crippen molar-refractivity contribution in [1.82, 2.24) is 14.7 Å². The van der Waals surface area contributed by atoms with E-state index < -0.39 is 0 Å². The van der Waals surface area contributed by atoms with E-state index in [0.717, 1.165) is 12.8 Å². The van der Waals surface area contributed by atoms with Crippen LogP contribution in [0.3, 0.4) is 0 Å². The molecule has 0 bridgehead atoms. The lowest BCUT2D eigenvalue weighted by atomic mass is 10.4. The summed E-state index contributed by atoms with van der Waals surface area (Å²) in [6, 6.07) is 3.17. The minimum Gasteiger partial charge on any atom is -0.348 e. The highest BCUT2D eigenvalue weighted by Crippen LogP contribution is 2.19. The molecule has 4 nitrogen and oxygen atoms in total. The molecule has 0 unspecified atom stereocenters. The molecule has 2 heterocycles. The predicted molar refractivity (Wildman–Crippen MR) is 55.6 cm³/mol. The van der Waals surface area contributed by atoms with E-state index in [-0.39, 0.29) is 11.7 Å². The highest BCUT2D eigenvalue weighted by atomic mass is 19.1. The molecule has 16 heavy (non-hydrogen) atoms. The van der Waals surface area contributed by atoms with Crippen LogP contribution in [-0.4, -0.2) is 21.3 Å². The van der Waals surface area contributed by atoms with Gasteiger partial charge in [0.1, 0.15) is 17.2 Å². The van der Waals surface area contributed by atoms with Gasteiger partial charge in [-0.3, -0.25) is 4.79 Å². The van der Waals surface area contributed by atoms with Crippen molar-refractivity contribution in [1.29, 1.82) is 0 Å². The van der Waals surface area contributed by atoms with Crippen LogP contribution in [0.15, 0.2) is 24.5 Å². The van der Waals surface area contributed by atoms with Gasteiger partial charge in [0.25, 0.3) is 5.91 Å². The van der Waals surface area contributed by atoms with Crippen LogP contribution in [0.25, 0.3) is 5.65 Å². The normalized spacial score (nSPS) is 15.3. The van der Waals surface area contributed by atoms with Crippen molar-refractivity contribution in [2.75, 3.05) is 0 Å². The van der Waals surface area contributed by atoms with Gasteiger partial charge >= 0.3 is 0 Å². The van der Waals surface area contributed by atoms with Gasteiger partial charge in [-0.1, -0.05) is 0 Å². The second kappa shape index (κ2) is 3.30. The summed E-state index contributed by atoms with van der Waals surface area (Å²) in [5, 5.41) is 2.84. The maximum atomic E-state index is 12.9. The third-order valence-corrected chi connectivity index (χ3v) is 2.56. The lowest BCUT2D eigenvalue weighted by Gasteiger charge is -1.97. The number of hydrogen-bond donors (Lipinski definition) is 1. The van der Waals surface area contributed by atoms with Gasteiger partial charge in [-0.25, -0.2) is 9.37 Å². The molecule has 1 aliphatic carbocycles. The van der Waals surface area contributed by atoms with E-state index in [1.807, 2.05) is 0 Å². The van der Waals surface area contributed by atoms with E-state index in [0.29, 0.717) is 17.4 Å². The zero-order chi connectivity index (χ0) is 11.1. The zero-order valence-corrected chi connectivity index (χ0v) is 8.48. The Labute approximate surface area is 91.1 Å². The standard InChI is InChI=1S/C11H10FN3O/c12-7-1-4-10-14-9(6-15(10)5-7)11(16)13-8-2-3-8/h1,4-6,8H,2-3H2,(H,13,16). The molecule has 3 rings (SSSR count). The highest BCUT2D eigenvalue weighted by molar-refractivity contribution is 5.93. The van der Waals surface area contributed by atoms with Gasteiger partial charge in [-0.15, -0.1) is 0 Å². The van der Waals surface area contributed by atoms with Crippen molar-refractivity contribution in [3.63, 3.8) is 0 Å². The average Bonchev–Trinajstić information content (AvgIpc) is 2.95. The van der Waals surface area contributed by atoms with Crippen LogP contribution in [0.5, 0.6) is 0 Å². The number of aromatic nitrogens is 2. The van der Waals surface area contributed by atoms with Crippen LogP contribution in [0, 0.1) is 5.82 Å². The Hall–Kier alpha value is -1.91. The maximum Gasteiger partial charge on any atom is 0.271 e. The highest BCUT2D eigenvalue weighted by Gasteiger charge is 2.24. The Balaban J connectivity index is 1.94. The van der Waals surface area contributed by atoms with Crippen LogP contribution in [-0.2, 0) is 0 Å². The van der Waals surface area contributed by atoms with E-state index in [1.165, 1.54) is 22.9 Å². The molecule has 1 aliphatic rings. The number of rotatable bonds is 2. The molecule has 2 aromatic heterocycles. The summed E-state index contributed by atoms with van der Waals surface area (Å²) < 4.78 is 14.4. The third kappa shape index (κ3) is 1.64. The van der Waals surface area contributed by atoms with Gasteiger partial charge in [0.05, 0.1) is 0 Å². The Bertz CT molecular complexity index is 559. The fourth-order valence-electron chi connectivity index (χ4n) is 1.56. The van der Waals surface area contributed by atoms with Crippen molar-refractivity contribution < 1.29 is 9.18 Å². The van der Waals surface area contributed by atoms with Crippen molar-refractivity contribution in [3.05, 3.63) is 36.0 Å². The minimum atomic E-state index is -0.348. The fourth-order valence-corrected chi connectivity index (χ4v) is 1.56. The van der Waals surface area contributed by atoms with Gasteiger partial charge in [0, 0.05) is 18.4 Å². The number of halogens is 1. The van der Waals surface area contributed by atoms with Gasteiger partial charge in [0.2, 0.25) is 0 Å². The SMILES string of the molecule is O=C(NC1CC1)c1cn2cc(F)ccc2n1. The number of imidazole rings is 1. The van der Waals surface area contributed by atoms with Crippen LogP contribution in [0.1, 0.15) is 23.3 Å². The Morgan fingerprint density at radius 2 is 2.25 bits per heavy atom. The first-order valence-electron chi connectivity index (χ1n) is 5.17. The smallest absolute Gasteiger partial charge is 0.271 e. The Morgan fingerprint density at radius 3 is 3.00 bits per heavy atom. The first kappa shape index (κ1) is 9.33. The summed E-state index contributed by atoms with van der Waals surface area (Å²) in [4.78, 5) is 15.8. The molecule has 1 fully saturated rings. The number of nitrogens with one attached hydrogen (secondary N) is 1. The van der Waals surface area contributed by atoms with E-state index >= 15 is 0 Å². The first-order valence-corrected chi connectivity index (χ1v) is 5.17. The monoisotopic (exact) mass is 219 g/mol. The second-order valence-electron chi connectivity index (χ2n) is 3.99. The number of pyridine rings is 1. The molecule has 0 aliphatic heterocycles. The van der Waals surface area contributed by atoms with Crippen molar-refractivity contribution in [3.8, 4) is 0 Å². The molecule has 1 N–H and O–H groups in total. The summed E-state index contributed by atoms with van der Waals surface area (Å²) in [6.07, 6.45) is 4.91. The molecule has 0 radical (unpaired) electrons. The number of carbonyl (C=O) groups is 1. The van der Waals surface area contributed by atoms with E-state index in [1.54, 1.807) is 6.07 Å². The second-order valence-corrected chi connectivity index (χ2v) is 3.99. The molecule has 0 spiro atoms. The number of carbonyl (C=O) groups excluding carboxylic acids is 1. The van der Waals surface area contributed by atoms with E-state index in [2.05, 4.69) is 10.3 Å². The molecule has 1 saturated carbocycles. The Morgan fingerprint density at radius 1 is 1.44 bits per heavy atom.